The predicted molar refractivity (Wildman–Crippen MR) is 98.1 cm³/mol. The molecular formula is C17H13ClN2O5S. The molecule has 26 heavy (non-hydrogen) atoms. The van der Waals surface area contributed by atoms with Crippen molar-refractivity contribution in [3.8, 4) is 0 Å². The minimum absolute atomic E-state index is 0.0414. The highest BCUT2D eigenvalue weighted by Gasteiger charge is 2.18. The normalized spacial score (nSPS) is 11.3. The van der Waals surface area contributed by atoms with Crippen LogP contribution >= 0.6 is 11.6 Å². The van der Waals surface area contributed by atoms with Gasteiger partial charge in [0, 0.05) is 24.1 Å². The number of benzene rings is 2. The van der Waals surface area contributed by atoms with E-state index >= 15 is 0 Å². The van der Waals surface area contributed by atoms with Gasteiger partial charge in [0.25, 0.3) is 15.9 Å². The van der Waals surface area contributed by atoms with Crippen LogP contribution in [0.25, 0.3) is 11.0 Å². The lowest BCUT2D eigenvalue weighted by Crippen LogP contribution is -2.18. The molecule has 0 fully saturated rings. The monoisotopic (exact) mass is 392 g/mol. The fourth-order valence-electron chi connectivity index (χ4n) is 2.31. The zero-order valence-electron chi connectivity index (χ0n) is 13.4. The number of anilines is 1. The number of carbonyl (C=O) groups is 1. The Kier molecular flexibility index (Phi) is 4.71. The Bertz CT molecular complexity index is 1170. The standard InChI is InChI=1S/C17H13ClN2O5S/c1-19-17(22)11-2-5-13(18)14(9-11)20-26(23,24)12-4-6-15-10(8-12)3-7-16(21)25-15/h2-9,20H,1H3,(H,19,22). The minimum atomic E-state index is -3.97. The van der Waals surface area contributed by atoms with E-state index in [4.69, 9.17) is 16.0 Å². The molecule has 1 amide bonds. The number of carbonyl (C=O) groups excluding carboxylic acids is 1. The second kappa shape index (κ2) is 6.81. The van der Waals surface area contributed by atoms with Crippen LogP contribution < -0.4 is 15.7 Å². The lowest BCUT2D eigenvalue weighted by atomic mass is 10.2. The van der Waals surface area contributed by atoms with Gasteiger partial charge in [-0.1, -0.05) is 11.6 Å². The molecule has 0 aliphatic rings. The van der Waals surface area contributed by atoms with E-state index < -0.39 is 15.6 Å². The van der Waals surface area contributed by atoms with Gasteiger partial charge in [-0.25, -0.2) is 13.2 Å². The molecule has 7 nitrogen and oxygen atoms in total. The molecule has 3 rings (SSSR count). The zero-order chi connectivity index (χ0) is 18.9. The first-order chi connectivity index (χ1) is 12.3. The van der Waals surface area contributed by atoms with Gasteiger partial charge in [-0.05, 0) is 42.5 Å². The topological polar surface area (TPSA) is 105 Å². The van der Waals surface area contributed by atoms with Crippen LogP contribution in [-0.4, -0.2) is 21.4 Å². The number of fused-ring (bicyclic) bond motifs is 1. The van der Waals surface area contributed by atoms with Crippen molar-refractivity contribution in [2.75, 3.05) is 11.8 Å². The smallest absolute Gasteiger partial charge is 0.336 e. The Balaban J connectivity index is 2.00. The minimum Gasteiger partial charge on any atom is -0.423 e. The van der Waals surface area contributed by atoms with Crippen molar-refractivity contribution < 1.29 is 17.6 Å². The fourth-order valence-corrected chi connectivity index (χ4v) is 3.64. The van der Waals surface area contributed by atoms with Crippen molar-refractivity contribution in [3.63, 3.8) is 0 Å². The molecule has 9 heteroatoms. The van der Waals surface area contributed by atoms with E-state index in [0.717, 1.165) is 0 Å². The van der Waals surface area contributed by atoms with E-state index in [1.165, 1.54) is 55.6 Å². The molecule has 0 spiro atoms. The second-order valence-electron chi connectivity index (χ2n) is 5.33. The van der Waals surface area contributed by atoms with Crippen LogP contribution in [0.4, 0.5) is 5.69 Å². The number of sulfonamides is 1. The van der Waals surface area contributed by atoms with Crippen molar-refractivity contribution in [2.45, 2.75) is 4.90 Å². The van der Waals surface area contributed by atoms with Gasteiger partial charge in [-0.2, -0.15) is 0 Å². The molecule has 0 radical (unpaired) electrons. The number of hydrogen-bond acceptors (Lipinski definition) is 5. The van der Waals surface area contributed by atoms with Gasteiger partial charge in [0.05, 0.1) is 15.6 Å². The second-order valence-corrected chi connectivity index (χ2v) is 7.42. The summed E-state index contributed by atoms with van der Waals surface area (Å²) in [7, 11) is -2.51. The summed E-state index contributed by atoms with van der Waals surface area (Å²) in [6, 6.07) is 11.0. The third-order valence-electron chi connectivity index (χ3n) is 3.60. The van der Waals surface area contributed by atoms with Crippen molar-refractivity contribution in [1.82, 2.24) is 5.32 Å². The lowest BCUT2D eigenvalue weighted by molar-refractivity contribution is 0.0963. The predicted octanol–water partition coefficient (Wildman–Crippen LogP) is 2.61. The third kappa shape index (κ3) is 3.56. The molecule has 0 aliphatic carbocycles. The largest absolute Gasteiger partial charge is 0.423 e. The Hall–Kier alpha value is -2.84. The maximum Gasteiger partial charge on any atom is 0.336 e. The summed E-state index contributed by atoms with van der Waals surface area (Å²) in [6.07, 6.45) is 0. The summed E-state index contributed by atoms with van der Waals surface area (Å²) < 4.78 is 32.7. The van der Waals surface area contributed by atoms with E-state index in [2.05, 4.69) is 10.0 Å². The fraction of sp³-hybridized carbons (Fsp3) is 0.0588. The highest BCUT2D eigenvalue weighted by molar-refractivity contribution is 7.92. The van der Waals surface area contributed by atoms with E-state index in [1.54, 1.807) is 0 Å². The van der Waals surface area contributed by atoms with Crippen LogP contribution in [0.2, 0.25) is 5.02 Å². The highest BCUT2D eigenvalue weighted by Crippen LogP contribution is 2.27. The van der Waals surface area contributed by atoms with Crippen molar-refractivity contribution >= 4 is 44.2 Å². The summed E-state index contributed by atoms with van der Waals surface area (Å²) in [5.41, 5.74) is 0.0856. The molecule has 0 aliphatic heterocycles. The average Bonchev–Trinajstić information content (AvgIpc) is 2.62. The summed E-state index contributed by atoms with van der Waals surface area (Å²) in [5, 5.41) is 3.05. The van der Waals surface area contributed by atoms with Gasteiger partial charge in [0.1, 0.15) is 5.58 Å². The number of hydrogen-bond donors (Lipinski definition) is 2. The van der Waals surface area contributed by atoms with Crippen LogP contribution in [0.3, 0.4) is 0 Å². The van der Waals surface area contributed by atoms with Gasteiger partial charge in [0.15, 0.2) is 0 Å². The van der Waals surface area contributed by atoms with Gasteiger partial charge >= 0.3 is 5.63 Å². The van der Waals surface area contributed by atoms with Crippen molar-refractivity contribution in [2.24, 2.45) is 0 Å². The molecule has 0 atom stereocenters. The first kappa shape index (κ1) is 18.0. The molecule has 2 aromatic carbocycles. The summed E-state index contributed by atoms with van der Waals surface area (Å²) >= 11 is 6.04. The van der Waals surface area contributed by atoms with Gasteiger partial charge < -0.3 is 9.73 Å². The van der Waals surface area contributed by atoms with Crippen LogP contribution in [0.1, 0.15) is 10.4 Å². The van der Waals surface area contributed by atoms with E-state index in [9.17, 15) is 18.0 Å². The molecule has 0 unspecified atom stereocenters. The molecule has 134 valence electrons. The number of nitrogens with one attached hydrogen (secondary N) is 2. The number of rotatable bonds is 4. The van der Waals surface area contributed by atoms with E-state index in [0.29, 0.717) is 5.39 Å². The van der Waals surface area contributed by atoms with Gasteiger partial charge in [-0.3, -0.25) is 9.52 Å². The molecule has 3 aromatic rings. The average molecular weight is 393 g/mol. The maximum absolute atomic E-state index is 12.7. The van der Waals surface area contributed by atoms with Crippen molar-refractivity contribution in [3.05, 3.63) is 69.5 Å². The SMILES string of the molecule is CNC(=O)c1ccc(Cl)c(NS(=O)(=O)c2ccc3oc(=O)ccc3c2)c1. The first-order valence-electron chi connectivity index (χ1n) is 7.38. The molecule has 1 heterocycles. The van der Waals surface area contributed by atoms with Gasteiger partial charge in [-0.15, -0.1) is 0 Å². The van der Waals surface area contributed by atoms with Gasteiger partial charge in [0.2, 0.25) is 0 Å². The first-order valence-corrected chi connectivity index (χ1v) is 9.24. The summed E-state index contributed by atoms with van der Waals surface area (Å²) in [5.74, 6) is -0.372. The Morgan fingerprint density at radius 3 is 2.58 bits per heavy atom. The number of halogens is 1. The van der Waals surface area contributed by atoms with Crippen molar-refractivity contribution in [1.29, 1.82) is 0 Å². The van der Waals surface area contributed by atoms with Crippen LogP contribution in [0.5, 0.6) is 0 Å². The summed E-state index contributed by atoms with van der Waals surface area (Å²) in [4.78, 5) is 22.9. The lowest BCUT2D eigenvalue weighted by Gasteiger charge is -2.11. The van der Waals surface area contributed by atoms with E-state index in [-0.39, 0.29) is 32.7 Å². The maximum atomic E-state index is 12.7. The Labute approximate surface area is 153 Å². The zero-order valence-corrected chi connectivity index (χ0v) is 15.0. The number of amides is 1. The molecule has 0 bridgehead atoms. The highest BCUT2D eigenvalue weighted by atomic mass is 35.5. The molecule has 0 saturated heterocycles. The molecule has 0 saturated carbocycles. The van der Waals surface area contributed by atoms with Crippen LogP contribution in [0, 0.1) is 0 Å². The Morgan fingerprint density at radius 1 is 1.08 bits per heavy atom. The summed E-state index contributed by atoms with van der Waals surface area (Å²) in [6.45, 7) is 0. The van der Waals surface area contributed by atoms with Crippen LogP contribution in [-0.2, 0) is 10.0 Å². The molecule has 2 N–H and O–H groups in total. The molecular weight excluding hydrogens is 380 g/mol. The quantitative estimate of drug-likeness (QED) is 0.664. The van der Waals surface area contributed by atoms with E-state index in [1.807, 2.05) is 0 Å². The van der Waals surface area contributed by atoms with Crippen LogP contribution in [0.15, 0.2) is 62.6 Å². The molecule has 1 aromatic heterocycles. The Morgan fingerprint density at radius 2 is 1.85 bits per heavy atom. The third-order valence-corrected chi connectivity index (χ3v) is 5.29.